The number of ether oxygens (including phenoxy) is 1. The van der Waals surface area contributed by atoms with Gasteiger partial charge < -0.3 is 19.5 Å². The van der Waals surface area contributed by atoms with Crippen LogP contribution in [0.5, 0.6) is 0 Å². The van der Waals surface area contributed by atoms with E-state index in [1.807, 2.05) is 0 Å². The molecule has 2 aromatic rings. The van der Waals surface area contributed by atoms with Crippen LogP contribution in [0.4, 0.5) is 4.39 Å². The van der Waals surface area contributed by atoms with Gasteiger partial charge in [-0.05, 0) is 26.3 Å². The number of aromatic nitrogens is 4. The van der Waals surface area contributed by atoms with Crippen LogP contribution in [0.3, 0.4) is 0 Å². The fourth-order valence-corrected chi connectivity index (χ4v) is 3.09. The van der Waals surface area contributed by atoms with Crippen LogP contribution in [0.2, 0.25) is 5.15 Å². The van der Waals surface area contributed by atoms with Crippen molar-refractivity contribution in [2.45, 2.75) is 45.4 Å². The smallest absolute Gasteiger partial charge is 0.311 e. The molecule has 8 nitrogen and oxygen atoms in total. The molecule has 10 heteroatoms. The first kappa shape index (κ1) is 19.7. The summed E-state index contributed by atoms with van der Waals surface area (Å²) in [6.07, 6.45) is -0.420. The van der Waals surface area contributed by atoms with Crippen molar-refractivity contribution in [2.75, 3.05) is 6.61 Å². The summed E-state index contributed by atoms with van der Waals surface area (Å²) in [6.45, 7) is 5.01. The SMILES string of the molecule is CC(C)(C)C(=O)OCCC1=C(F)[C@@H](n2cnc3c(Cl)ncnc32)[C@H](O)[C@@H]1O. The normalized spacial score (nSPS) is 23.3. The molecule has 27 heavy (non-hydrogen) atoms. The van der Waals surface area contributed by atoms with E-state index in [4.69, 9.17) is 16.3 Å². The lowest BCUT2D eigenvalue weighted by molar-refractivity contribution is -0.152. The third kappa shape index (κ3) is 3.54. The molecular formula is C17H20ClFN4O4. The average molecular weight is 399 g/mol. The molecular weight excluding hydrogens is 379 g/mol. The lowest BCUT2D eigenvalue weighted by Crippen LogP contribution is -2.30. The Morgan fingerprint density at radius 3 is 2.70 bits per heavy atom. The number of halogens is 2. The Bertz CT molecular complexity index is 908. The van der Waals surface area contributed by atoms with E-state index in [-0.39, 0.29) is 34.9 Å². The fourth-order valence-electron chi connectivity index (χ4n) is 2.91. The molecule has 3 rings (SSSR count). The molecule has 0 aliphatic heterocycles. The number of hydrogen-bond donors (Lipinski definition) is 2. The van der Waals surface area contributed by atoms with Crippen molar-refractivity contribution in [3.63, 3.8) is 0 Å². The van der Waals surface area contributed by atoms with Crippen molar-refractivity contribution in [3.8, 4) is 0 Å². The second-order valence-electron chi connectivity index (χ2n) is 7.38. The van der Waals surface area contributed by atoms with Gasteiger partial charge in [-0.3, -0.25) is 4.79 Å². The van der Waals surface area contributed by atoms with Crippen molar-refractivity contribution >= 4 is 28.7 Å². The molecule has 0 spiro atoms. The molecule has 2 N–H and O–H groups in total. The third-order valence-electron chi connectivity index (χ3n) is 4.40. The number of fused-ring (bicyclic) bond motifs is 1. The number of rotatable bonds is 4. The van der Waals surface area contributed by atoms with Gasteiger partial charge in [0, 0.05) is 6.42 Å². The molecule has 1 aliphatic carbocycles. The Balaban J connectivity index is 1.84. The first-order valence-corrected chi connectivity index (χ1v) is 8.75. The van der Waals surface area contributed by atoms with Gasteiger partial charge in [-0.2, -0.15) is 0 Å². The number of aliphatic hydroxyl groups excluding tert-OH is 2. The molecule has 2 aromatic heterocycles. The van der Waals surface area contributed by atoms with E-state index in [2.05, 4.69) is 15.0 Å². The number of aliphatic hydroxyl groups is 2. The molecule has 0 fully saturated rings. The zero-order valence-corrected chi connectivity index (χ0v) is 15.8. The maximum Gasteiger partial charge on any atom is 0.311 e. The second kappa shape index (κ2) is 7.14. The summed E-state index contributed by atoms with van der Waals surface area (Å²) in [5.41, 5.74) is -0.197. The molecule has 146 valence electrons. The zero-order valence-electron chi connectivity index (χ0n) is 15.1. The second-order valence-corrected chi connectivity index (χ2v) is 7.74. The monoisotopic (exact) mass is 398 g/mol. The van der Waals surface area contributed by atoms with Crippen molar-refractivity contribution in [1.82, 2.24) is 19.5 Å². The van der Waals surface area contributed by atoms with E-state index in [1.165, 1.54) is 17.2 Å². The quantitative estimate of drug-likeness (QED) is 0.598. The number of nitrogens with zero attached hydrogens (tertiary/aromatic N) is 4. The number of esters is 1. The number of carbonyl (C=O) groups is 1. The van der Waals surface area contributed by atoms with E-state index in [0.717, 1.165) is 0 Å². The minimum absolute atomic E-state index is 0.0174. The average Bonchev–Trinajstić information content (AvgIpc) is 3.10. The van der Waals surface area contributed by atoms with Crippen molar-refractivity contribution < 1.29 is 24.1 Å². The van der Waals surface area contributed by atoms with Crippen LogP contribution in [-0.4, -0.2) is 54.5 Å². The maximum atomic E-state index is 15.0. The minimum atomic E-state index is -1.44. The van der Waals surface area contributed by atoms with Crippen molar-refractivity contribution in [3.05, 3.63) is 29.2 Å². The number of imidazole rings is 1. The Hall–Kier alpha value is -2.10. The van der Waals surface area contributed by atoms with Gasteiger partial charge in [0.15, 0.2) is 10.8 Å². The summed E-state index contributed by atoms with van der Waals surface area (Å²) in [7, 11) is 0. The summed E-state index contributed by atoms with van der Waals surface area (Å²) >= 11 is 5.95. The third-order valence-corrected chi connectivity index (χ3v) is 4.68. The van der Waals surface area contributed by atoms with Gasteiger partial charge in [0.1, 0.15) is 35.9 Å². The summed E-state index contributed by atoms with van der Waals surface area (Å²) in [4.78, 5) is 23.7. The molecule has 0 radical (unpaired) electrons. The molecule has 0 bridgehead atoms. The lowest BCUT2D eigenvalue weighted by Gasteiger charge is -2.19. The summed E-state index contributed by atoms with van der Waals surface area (Å²) in [6, 6.07) is -1.20. The highest BCUT2D eigenvalue weighted by Gasteiger charge is 2.43. The molecule has 0 saturated heterocycles. The van der Waals surface area contributed by atoms with Crippen LogP contribution < -0.4 is 0 Å². The van der Waals surface area contributed by atoms with Gasteiger partial charge in [0.25, 0.3) is 0 Å². The minimum Gasteiger partial charge on any atom is -0.465 e. The van der Waals surface area contributed by atoms with Gasteiger partial charge in [-0.25, -0.2) is 19.3 Å². The molecule has 0 unspecified atom stereocenters. The van der Waals surface area contributed by atoms with Crippen LogP contribution in [0, 0.1) is 5.41 Å². The van der Waals surface area contributed by atoms with Crippen LogP contribution in [0.1, 0.15) is 33.2 Å². The highest BCUT2D eigenvalue weighted by Crippen LogP contribution is 2.40. The highest BCUT2D eigenvalue weighted by atomic mass is 35.5. The zero-order chi connectivity index (χ0) is 19.9. The molecule has 0 aromatic carbocycles. The summed E-state index contributed by atoms with van der Waals surface area (Å²) in [5, 5.41) is 20.7. The predicted octanol–water partition coefficient (Wildman–Crippen LogP) is 1.96. The van der Waals surface area contributed by atoms with E-state index in [1.54, 1.807) is 20.8 Å². The van der Waals surface area contributed by atoms with Gasteiger partial charge >= 0.3 is 5.97 Å². The molecule has 0 saturated carbocycles. The first-order chi connectivity index (χ1) is 12.6. The molecule has 3 atom stereocenters. The Kier molecular flexibility index (Phi) is 5.20. The topological polar surface area (TPSA) is 110 Å². The molecule has 0 amide bonds. The van der Waals surface area contributed by atoms with Gasteiger partial charge in [0.05, 0.1) is 18.3 Å². The number of hydrogen-bond acceptors (Lipinski definition) is 7. The number of carbonyl (C=O) groups excluding carboxylic acids is 1. The largest absolute Gasteiger partial charge is 0.465 e. The first-order valence-electron chi connectivity index (χ1n) is 8.37. The summed E-state index contributed by atoms with van der Waals surface area (Å²) < 4.78 is 21.4. The van der Waals surface area contributed by atoms with E-state index >= 15 is 0 Å². The maximum absolute atomic E-state index is 15.0. The van der Waals surface area contributed by atoms with Crippen molar-refractivity contribution in [2.24, 2.45) is 5.41 Å². The van der Waals surface area contributed by atoms with E-state index in [0.29, 0.717) is 0 Å². The van der Waals surface area contributed by atoms with Gasteiger partial charge in [-0.15, -0.1) is 0 Å². The Labute approximate surface area is 159 Å². The Morgan fingerprint density at radius 1 is 1.33 bits per heavy atom. The Morgan fingerprint density at radius 2 is 2.04 bits per heavy atom. The van der Waals surface area contributed by atoms with E-state index < -0.39 is 35.5 Å². The van der Waals surface area contributed by atoms with Gasteiger partial charge in [-0.1, -0.05) is 11.6 Å². The van der Waals surface area contributed by atoms with Crippen molar-refractivity contribution in [1.29, 1.82) is 0 Å². The standard InChI is InChI=1S/C17H20ClFN4O4/c1-17(2,3)16(26)27-5-4-8-9(19)11(13(25)12(8)24)23-7-22-10-14(18)20-6-21-15(10)23/h6-7,11-13,24-25H,4-5H2,1-3H3/t11-,12-,13+/m1/s1. The predicted molar refractivity (Wildman–Crippen MR) is 94.5 cm³/mol. The molecule has 1 aliphatic rings. The van der Waals surface area contributed by atoms with Crippen LogP contribution in [-0.2, 0) is 9.53 Å². The highest BCUT2D eigenvalue weighted by molar-refractivity contribution is 6.33. The van der Waals surface area contributed by atoms with Crippen LogP contribution >= 0.6 is 11.6 Å². The lowest BCUT2D eigenvalue weighted by atomic mass is 9.97. The van der Waals surface area contributed by atoms with Crippen LogP contribution in [0.25, 0.3) is 11.2 Å². The fraction of sp³-hybridized carbons (Fsp3) is 0.529. The van der Waals surface area contributed by atoms with Gasteiger partial charge in [0.2, 0.25) is 0 Å². The van der Waals surface area contributed by atoms with Crippen LogP contribution in [0.15, 0.2) is 24.1 Å². The molecule has 2 heterocycles. The summed E-state index contributed by atoms with van der Waals surface area (Å²) in [5.74, 6) is -1.14. The van der Waals surface area contributed by atoms with E-state index in [9.17, 15) is 19.4 Å².